The Morgan fingerprint density at radius 2 is 1.81 bits per heavy atom. The molecule has 1 fully saturated rings. The number of hydrogen-bond acceptors (Lipinski definition) is 7. The summed E-state index contributed by atoms with van der Waals surface area (Å²) < 4.78 is 46.4. The fraction of sp³-hybridized carbons (Fsp3) is 0.345. The van der Waals surface area contributed by atoms with Gasteiger partial charge in [-0.3, -0.25) is 4.79 Å². The Bertz CT molecular complexity index is 1630. The summed E-state index contributed by atoms with van der Waals surface area (Å²) in [5, 5.41) is 6.86. The van der Waals surface area contributed by atoms with E-state index in [1.165, 1.54) is 6.33 Å². The number of anilines is 2. The van der Waals surface area contributed by atoms with E-state index in [1.54, 1.807) is 33.7 Å². The second-order valence-corrected chi connectivity index (χ2v) is 11.1. The number of piperidine rings is 1. The Balaban J connectivity index is 1.40. The van der Waals surface area contributed by atoms with Gasteiger partial charge in [0.15, 0.2) is 5.82 Å². The molecule has 1 aliphatic heterocycles. The molecule has 3 aromatic heterocycles. The van der Waals surface area contributed by atoms with Gasteiger partial charge in [0.25, 0.3) is 5.91 Å². The molecule has 4 heterocycles. The summed E-state index contributed by atoms with van der Waals surface area (Å²) in [6, 6.07) is 10.1. The lowest BCUT2D eigenvalue weighted by Gasteiger charge is -2.34. The SMILES string of the molecule is CC(C)(C)OC(=O)N1CCCC(c2cc(-c3ccc(C(=O)Nc4cc(C(F)(F)F)ccn4)cc3)c3c(N)ncnn23)C1. The Morgan fingerprint density at radius 1 is 1.07 bits per heavy atom. The number of alkyl halides is 3. The van der Waals surface area contributed by atoms with Gasteiger partial charge in [-0.25, -0.2) is 19.3 Å². The zero-order chi connectivity index (χ0) is 30.2. The molecule has 1 saturated heterocycles. The van der Waals surface area contributed by atoms with Gasteiger partial charge in [-0.2, -0.15) is 18.3 Å². The number of amides is 2. The minimum absolute atomic E-state index is 0.0353. The highest BCUT2D eigenvalue weighted by Crippen LogP contribution is 2.36. The van der Waals surface area contributed by atoms with Crippen LogP contribution in [0.4, 0.5) is 29.6 Å². The number of nitrogens with two attached hydrogens (primary N) is 1. The van der Waals surface area contributed by atoms with Crippen LogP contribution < -0.4 is 11.1 Å². The van der Waals surface area contributed by atoms with E-state index < -0.39 is 23.2 Å². The summed E-state index contributed by atoms with van der Waals surface area (Å²) in [5.41, 5.74) is 7.92. The molecule has 0 saturated carbocycles. The molecule has 1 aromatic carbocycles. The van der Waals surface area contributed by atoms with E-state index in [2.05, 4.69) is 20.4 Å². The lowest BCUT2D eigenvalue weighted by Crippen LogP contribution is -2.42. The molecule has 0 aliphatic carbocycles. The third-order valence-electron chi connectivity index (χ3n) is 6.89. The number of benzene rings is 1. The first-order valence-electron chi connectivity index (χ1n) is 13.4. The van der Waals surface area contributed by atoms with Crippen molar-refractivity contribution < 1.29 is 27.5 Å². The summed E-state index contributed by atoms with van der Waals surface area (Å²) in [4.78, 5) is 35.2. The first-order valence-corrected chi connectivity index (χ1v) is 13.4. The normalized spacial score (nSPS) is 16.0. The van der Waals surface area contributed by atoms with Crippen molar-refractivity contribution in [3.8, 4) is 11.1 Å². The van der Waals surface area contributed by atoms with Crippen molar-refractivity contribution >= 4 is 29.2 Å². The topological polar surface area (TPSA) is 128 Å². The molecule has 220 valence electrons. The molecular weight excluding hydrogens is 551 g/mol. The number of carbonyl (C=O) groups excluding carboxylic acids is 2. The van der Waals surface area contributed by atoms with Gasteiger partial charge in [0.1, 0.15) is 23.3 Å². The molecule has 3 N–H and O–H groups in total. The molecule has 4 aromatic rings. The Labute approximate surface area is 239 Å². The minimum atomic E-state index is -4.56. The molecule has 0 spiro atoms. The zero-order valence-electron chi connectivity index (χ0n) is 23.3. The molecule has 13 heteroatoms. The van der Waals surface area contributed by atoms with E-state index in [1.807, 2.05) is 26.8 Å². The van der Waals surface area contributed by atoms with Gasteiger partial charge in [0.2, 0.25) is 0 Å². The van der Waals surface area contributed by atoms with Crippen molar-refractivity contribution in [2.75, 3.05) is 24.1 Å². The van der Waals surface area contributed by atoms with E-state index in [-0.39, 0.29) is 29.2 Å². The van der Waals surface area contributed by atoms with Crippen molar-refractivity contribution in [1.82, 2.24) is 24.5 Å². The van der Waals surface area contributed by atoms with E-state index in [4.69, 9.17) is 10.5 Å². The number of ether oxygens (including phenoxy) is 1. The largest absolute Gasteiger partial charge is 0.444 e. The van der Waals surface area contributed by atoms with E-state index in [9.17, 15) is 22.8 Å². The Morgan fingerprint density at radius 3 is 2.50 bits per heavy atom. The number of rotatable bonds is 4. The van der Waals surface area contributed by atoms with Crippen molar-refractivity contribution in [2.45, 2.75) is 51.3 Å². The highest BCUT2D eigenvalue weighted by molar-refractivity contribution is 6.04. The third-order valence-corrected chi connectivity index (χ3v) is 6.89. The number of halogens is 3. The summed E-state index contributed by atoms with van der Waals surface area (Å²) in [6.45, 7) is 6.54. The van der Waals surface area contributed by atoms with Gasteiger partial charge in [-0.05, 0) is 69.5 Å². The van der Waals surface area contributed by atoms with Crippen LogP contribution in [-0.4, -0.2) is 55.2 Å². The standard InChI is InChI=1S/C29H30F3N7O3/c1-28(2,3)42-27(41)38-12-4-5-19(15-38)22-14-21(24-25(33)35-16-36-39(22)24)17-6-8-18(9-7-17)26(40)37-23-13-20(10-11-34-23)29(30,31)32/h6-11,13-14,16,19H,4-5,12,15H2,1-3H3,(H2,33,35,36)(H,34,37,40). The number of likely N-dealkylation sites (tertiary alicyclic amines) is 1. The van der Waals surface area contributed by atoms with Crippen molar-refractivity contribution in [1.29, 1.82) is 0 Å². The number of carbonyl (C=O) groups is 2. The van der Waals surface area contributed by atoms with Crippen LogP contribution in [0, 0.1) is 0 Å². The van der Waals surface area contributed by atoms with Crippen LogP contribution in [0.2, 0.25) is 0 Å². The average Bonchev–Trinajstić information content (AvgIpc) is 3.33. The van der Waals surface area contributed by atoms with E-state index in [0.717, 1.165) is 48.0 Å². The second kappa shape index (κ2) is 11.0. The van der Waals surface area contributed by atoms with Crippen molar-refractivity contribution in [3.63, 3.8) is 0 Å². The summed E-state index contributed by atoms with van der Waals surface area (Å²) in [7, 11) is 0. The van der Waals surface area contributed by atoms with Crippen molar-refractivity contribution in [2.24, 2.45) is 0 Å². The molecule has 2 amide bonds. The van der Waals surface area contributed by atoms with E-state index >= 15 is 0 Å². The minimum Gasteiger partial charge on any atom is -0.444 e. The maximum Gasteiger partial charge on any atom is 0.416 e. The van der Waals surface area contributed by atoms with Gasteiger partial charge < -0.3 is 20.7 Å². The number of fused-ring (bicyclic) bond motifs is 1. The first kappa shape index (κ1) is 28.8. The molecule has 1 unspecified atom stereocenters. The van der Waals surface area contributed by atoms with Crippen LogP contribution in [0.5, 0.6) is 0 Å². The van der Waals surface area contributed by atoms with Crippen LogP contribution >= 0.6 is 0 Å². The molecule has 10 nitrogen and oxygen atoms in total. The van der Waals surface area contributed by atoms with Gasteiger partial charge in [-0.15, -0.1) is 0 Å². The monoisotopic (exact) mass is 581 g/mol. The fourth-order valence-corrected chi connectivity index (χ4v) is 4.98. The van der Waals surface area contributed by atoms with Gasteiger partial charge >= 0.3 is 12.3 Å². The number of nitrogen functional groups attached to an aromatic ring is 1. The van der Waals surface area contributed by atoms with Gasteiger partial charge in [0, 0.05) is 42.0 Å². The first-order chi connectivity index (χ1) is 19.8. The molecule has 5 rings (SSSR count). The molecule has 1 aliphatic rings. The summed E-state index contributed by atoms with van der Waals surface area (Å²) in [5.74, 6) is -0.585. The van der Waals surface area contributed by atoms with Crippen molar-refractivity contribution in [3.05, 3.63) is 71.8 Å². The van der Waals surface area contributed by atoms with E-state index in [0.29, 0.717) is 18.6 Å². The number of aromatic nitrogens is 4. The fourth-order valence-electron chi connectivity index (χ4n) is 4.98. The molecule has 0 bridgehead atoms. The molecular formula is C29H30F3N7O3. The summed E-state index contributed by atoms with van der Waals surface area (Å²) >= 11 is 0. The van der Waals surface area contributed by atoms with Crippen LogP contribution in [-0.2, 0) is 10.9 Å². The summed E-state index contributed by atoms with van der Waals surface area (Å²) in [6.07, 6.45) is -0.936. The lowest BCUT2D eigenvalue weighted by atomic mass is 9.94. The van der Waals surface area contributed by atoms with Gasteiger partial charge in [0.05, 0.1) is 5.56 Å². The van der Waals surface area contributed by atoms with Crippen LogP contribution in [0.25, 0.3) is 16.6 Å². The Kier molecular flexibility index (Phi) is 7.52. The average molecular weight is 582 g/mol. The highest BCUT2D eigenvalue weighted by Gasteiger charge is 2.32. The second-order valence-electron chi connectivity index (χ2n) is 11.1. The maximum absolute atomic E-state index is 13.0. The molecule has 1 atom stereocenters. The number of nitrogens with one attached hydrogen (secondary N) is 1. The lowest BCUT2D eigenvalue weighted by molar-refractivity contribution is -0.137. The van der Waals surface area contributed by atoms with Gasteiger partial charge in [-0.1, -0.05) is 12.1 Å². The zero-order valence-corrected chi connectivity index (χ0v) is 23.3. The number of hydrogen-bond donors (Lipinski definition) is 2. The third kappa shape index (κ3) is 6.14. The predicted octanol–water partition coefficient (Wildman–Crippen LogP) is 5.76. The van der Waals surface area contributed by atoms with Crippen LogP contribution in [0.3, 0.4) is 0 Å². The van der Waals surface area contributed by atoms with Crippen LogP contribution in [0.15, 0.2) is 55.0 Å². The predicted molar refractivity (Wildman–Crippen MR) is 150 cm³/mol. The quantitative estimate of drug-likeness (QED) is 0.314. The highest BCUT2D eigenvalue weighted by atomic mass is 19.4. The smallest absolute Gasteiger partial charge is 0.416 e. The number of nitrogens with zero attached hydrogens (tertiary/aromatic N) is 5. The Hall–Kier alpha value is -4.68. The molecule has 42 heavy (non-hydrogen) atoms. The maximum atomic E-state index is 13.0. The molecule has 0 radical (unpaired) electrons. The number of pyridine rings is 1. The van der Waals surface area contributed by atoms with Crippen LogP contribution in [0.1, 0.15) is 61.1 Å².